The van der Waals surface area contributed by atoms with Gasteiger partial charge >= 0.3 is 0 Å². The highest BCUT2D eigenvalue weighted by atomic mass is 35.5. The van der Waals surface area contributed by atoms with Crippen molar-refractivity contribution in [2.24, 2.45) is 0 Å². The van der Waals surface area contributed by atoms with Gasteiger partial charge in [-0.3, -0.25) is 9.36 Å². The molecule has 0 bridgehead atoms. The zero-order chi connectivity index (χ0) is 24.5. The lowest BCUT2D eigenvalue weighted by Gasteiger charge is -2.12. The molecule has 1 heterocycles. The van der Waals surface area contributed by atoms with E-state index in [1.54, 1.807) is 31.0 Å². The van der Waals surface area contributed by atoms with Crippen molar-refractivity contribution in [1.82, 2.24) is 20.1 Å². The van der Waals surface area contributed by atoms with Crippen molar-refractivity contribution in [2.75, 3.05) is 12.9 Å². The number of amides is 1. The number of carbonyl (C=O) groups excluding carboxylic acids is 1. The van der Waals surface area contributed by atoms with Gasteiger partial charge in [-0.05, 0) is 41.8 Å². The molecule has 0 saturated heterocycles. The van der Waals surface area contributed by atoms with E-state index in [4.69, 9.17) is 16.3 Å². The molecule has 0 saturated carbocycles. The number of carbonyl (C=O) groups is 1. The van der Waals surface area contributed by atoms with Crippen LogP contribution in [0.3, 0.4) is 0 Å². The Morgan fingerprint density at radius 2 is 1.86 bits per heavy atom. The molecule has 0 aliphatic rings. The fraction of sp³-hybridized carbons (Fsp3) is 0.148. The summed E-state index contributed by atoms with van der Waals surface area (Å²) in [7, 11) is 1.63. The molecule has 6 nitrogen and oxygen atoms in total. The highest BCUT2D eigenvalue weighted by molar-refractivity contribution is 7.99. The van der Waals surface area contributed by atoms with Gasteiger partial charge in [0.15, 0.2) is 11.0 Å². The van der Waals surface area contributed by atoms with Gasteiger partial charge in [-0.1, -0.05) is 78.0 Å². The molecule has 1 amide bonds. The number of aryl methyl sites for hydroxylation is 1. The second-order valence-electron chi connectivity index (χ2n) is 7.59. The van der Waals surface area contributed by atoms with E-state index >= 15 is 0 Å². The lowest BCUT2D eigenvalue weighted by molar-refractivity contribution is -0.116. The summed E-state index contributed by atoms with van der Waals surface area (Å²) >= 11 is 7.78. The first-order valence-electron chi connectivity index (χ1n) is 11.1. The lowest BCUT2D eigenvalue weighted by Crippen LogP contribution is -2.22. The summed E-state index contributed by atoms with van der Waals surface area (Å²) in [5.41, 5.74) is 2.92. The zero-order valence-corrected chi connectivity index (χ0v) is 20.8. The van der Waals surface area contributed by atoms with E-state index in [-0.39, 0.29) is 12.5 Å². The van der Waals surface area contributed by atoms with Crippen LogP contribution in [0.4, 0.5) is 0 Å². The molecular weight excluding hydrogens is 480 g/mol. The molecule has 1 aromatic heterocycles. The Morgan fingerprint density at radius 1 is 1.06 bits per heavy atom. The molecule has 8 heteroatoms. The van der Waals surface area contributed by atoms with Crippen molar-refractivity contribution < 1.29 is 9.53 Å². The van der Waals surface area contributed by atoms with Gasteiger partial charge in [0.2, 0.25) is 5.91 Å². The fourth-order valence-corrected chi connectivity index (χ4v) is 4.58. The topological polar surface area (TPSA) is 69.0 Å². The van der Waals surface area contributed by atoms with E-state index in [9.17, 15) is 4.79 Å². The molecule has 35 heavy (non-hydrogen) atoms. The summed E-state index contributed by atoms with van der Waals surface area (Å²) in [5, 5.41) is 13.0. The van der Waals surface area contributed by atoms with Crippen LogP contribution in [0.2, 0.25) is 5.02 Å². The minimum Gasteiger partial charge on any atom is -0.497 e. The number of thioether (sulfide) groups is 1. The second kappa shape index (κ2) is 12.2. The molecule has 4 aromatic rings. The maximum absolute atomic E-state index is 12.5. The van der Waals surface area contributed by atoms with Gasteiger partial charge in [-0.25, -0.2) is 0 Å². The monoisotopic (exact) mass is 504 g/mol. The lowest BCUT2D eigenvalue weighted by atomic mass is 10.2. The van der Waals surface area contributed by atoms with Crippen molar-refractivity contribution in [2.45, 2.75) is 18.1 Å². The van der Waals surface area contributed by atoms with Crippen LogP contribution in [-0.4, -0.2) is 33.5 Å². The first kappa shape index (κ1) is 24.6. The summed E-state index contributed by atoms with van der Waals surface area (Å²) in [6.45, 7) is 0.217. The van der Waals surface area contributed by atoms with Crippen LogP contribution in [0.1, 0.15) is 17.0 Å². The number of ether oxygens (including phenoxy) is 1. The second-order valence-corrected chi connectivity index (χ2v) is 9.06. The summed E-state index contributed by atoms with van der Waals surface area (Å²) in [5.74, 6) is 1.96. The molecule has 0 unspecified atom stereocenters. The number of nitrogens with one attached hydrogen (secondary N) is 1. The predicted octanol–water partition coefficient (Wildman–Crippen LogP) is 5.59. The molecule has 1 N–H and O–H groups in total. The van der Waals surface area contributed by atoms with Crippen LogP contribution in [0.25, 0.3) is 11.8 Å². The number of halogens is 1. The van der Waals surface area contributed by atoms with Crippen LogP contribution in [0.15, 0.2) is 90.1 Å². The van der Waals surface area contributed by atoms with Gasteiger partial charge in [0.1, 0.15) is 5.75 Å². The SMILES string of the molecule is COc1cccc(-n2c(CNC(=O)C=Cc3ccccc3Cl)nnc2SCCc2ccccc2)c1. The van der Waals surface area contributed by atoms with Crippen LogP contribution in [-0.2, 0) is 17.8 Å². The number of hydrogen-bond acceptors (Lipinski definition) is 5. The van der Waals surface area contributed by atoms with Crippen molar-refractivity contribution in [3.05, 3.63) is 107 Å². The van der Waals surface area contributed by atoms with E-state index in [0.717, 1.165) is 34.3 Å². The van der Waals surface area contributed by atoms with Gasteiger partial charge in [-0.15, -0.1) is 10.2 Å². The van der Waals surface area contributed by atoms with Gasteiger partial charge < -0.3 is 10.1 Å². The molecule has 0 spiro atoms. The molecule has 0 atom stereocenters. The number of methoxy groups -OCH3 is 1. The third-order valence-corrected chi connectivity index (χ3v) is 6.49. The molecule has 0 aliphatic heterocycles. The third-order valence-electron chi connectivity index (χ3n) is 5.22. The first-order valence-corrected chi connectivity index (χ1v) is 12.5. The summed E-state index contributed by atoms with van der Waals surface area (Å²) in [6.07, 6.45) is 4.06. The van der Waals surface area contributed by atoms with E-state index < -0.39 is 0 Å². The van der Waals surface area contributed by atoms with Gasteiger partial charge in [0.25, 0.3) is 0 Å². The largest absolute Gasteiger partial charge is 0.497 e. The fourth-order valence-electron chi connectivity index (χ4n) is 3.42. The molecule has 0 radical (unpaired) electrons. The molecule has 178 valence electrons. The normalized spacial score (nSPS) is 11.0. The van der Waals surface area contributed by atoms with E-state index in [0.29, 0.717) is 10.8 Å². The Morgan fingerprint density at radius 3 is 2.66 bits per heavy atom. The van der Waals surface area contributed by atoms with Crippen LogP contribution < -0.4 is 10.1 Å². The Kier molecular flexibility index (Phi) is 8.59. The summed E-state index contributed by atoms with van der Waals surface area (Å²) in [6, 6.07) is 25.4. The highest BCUT2D eigenvalue weighted by Crippen LogP contribution is 2.25. The first-order chi connectivity index (χ1) is 17.1. The predicted molar refractivity (Wildman–Crippen MR) is 141 cm³/mol. The average Bonchev–Trinajstić information content (AvgIpc) is 3.30. The minimum absolute atomic E-state index is 0.217. The quantitative estimate of drug-likeness (QED) is 0.225. The van der Waals surface area contributed by atoms with Gasteiger partial charge in [-0.2, -0.15) is 0 Å². The summed E-state index contributed by atoms with van der Waals surface area (Å²) < 4.78 is 7.36. The van der Waals surface area contributed by atoms with Gasteiger partial charge in [0.05, 0.1) is 19.3 Å². The van der Waals surface area contributed by atoms with Gasteiger partial charge in [0, 0.05) is 22.9 Å². The highest BCUT2D eigenvalue weighted by Gasteiger charge is 2.15. The average molecular weight is 505 g/mol. The minimum atomic E-state index is -0.247. The smallest absolute Gasteiger partial charge is 0.244 e. The Labute approximate surface area is 214 Å². The molecule has 4 rings (SSSR count). The standard InChI is InChI=1S/C27H25ClN4O2S/c1-34-23-12-7-11-22(18-23)32-25(19-29-26(33)15-14-21-10-5-6-13-24(21)28)30-31-27(32)35-17-16-20-8-3-2-4-9-20/h2-15,18H,16-17,19H2,1H3,(H,29,33). The number of rotatable bonds is 10. The molecule has 3 aromatic carbocycles. The Bertz CT molecular complexity index is 1310. The Balaban J connectivity index is 1.49. The number of benzene rings is 3. The molecular formula is C27H25ClN4O2S. The molecule has 0 aliphatic carbocycles. The van der Waals surface area contributed by atoms with E-state index in [1.807, 2.05) is 65.2 Å². The van der Waals surface area contributed by atoms with E-state index in [1.165, 1.54) is 11.6 Å². The Hall–Kier alpha value is -3.55. The van der Waals surface area contributed by atoms with Crippen molar-refractivity contribution in [3.8, 4) is 11.4 Å². The maximum Gasteiger partial charge on any atom is 0.244 e. The number of nitrogens with zero attached hydrogens (tertiary/aromatic N) is 3. The van der Waals surface area contributed by atoms with Crippen molar-refractivity contribution in [1.29, 1.82) is 0 Å². The molecule has 0 fully saturated rings. The number of hydrogen-bond donors (Lipinski definition) is 1. The third kappa shape index (κ3) is 6.74. The maximum atomic E-state index is 12.5. The zero-order valence-electron chi connectivity index (χ0n) is 19.2. The van der Waals surface area contributed by atoms with Crippen LogP contribution >= 0.6 is 23.4 Å². The summed E-state index contributed by atoms with van der Waals surface area (Å²) in [4.78, 5) is 12.5. The number of aromatic nitrogens is 3. The van der Waals surface area contributed by atoms with Crippen LogP contribution in [0.5, 0.6) is 5.75 Å². The van der Waals surface area contributed by atoms with Crippen molar-refractivity contribution >= 4 is 35.3 Å². The van der Waals surface area contributed by atoms with Crippen molar-refractivity contribution in [3.63, 3.8) is 0 Å². The van der Waals surface area contributed by atoms with Crippen LogP contribution in [0, 0.1) is 0 Å². The van der Waals surface area contributed by atoms with E-state index in [2.05, 4.69) is 27.6 Å².